The molecular weight excluding hydrogens is 901 g/mol. The van der Waals surface area contributed by atoms with Crippen molar-refractivity contribution in [1.29, 1.82) is 0 Å². The van der Waals surface area contributed by atoms with E-state index < -0.39 is 6.10 Å². The Balaban J connectivity index is 4.31. The van der Waals surface area contributed by atoms with Crippen LogP contribution >= 0.6 is 0 Å². The highest BCUT2D eigenvalue weighted by Gasteiger charge is 2.19. The van der Waals surface area contributed by atoms with Crippen molar-refractivity contribution in [3.8, 4) is 0 Å². The van der Waals surface area contributed by atoms with E-state index in [0.717, 1.165) is 83.5 Å². The lowest BCUT2D eigenvalue weighted by Crippen LogP contribution is -2.30. The minimum Gasteiger partial charge on any atom is -0.462 e. The van der Waals surface area contributed by atoms with Gasteiger partial charge < -0.3 is 14.2 Å². The molecule has 0 rings (SSSR count). The first-order valence-electron chi connectivity index (χ1n) is 31.8. The molecule has 0 saturated heterocycles. The van der Waals surface area contributed by atoms with Crippen molar-refractivity contribution in [1.82, 2.24) is 0 Å². The monoisotopic (exact) mass is 1020 g/mol. The maximum atomic E-state index is 12.9. The van der Waals surface area contributed by atoms with Gasteiger partial charge >= 0.3 is 17.9 Å². The molecule has 0 saturated carbocycles. The van der Waals surface area contributed by atoms with Crippen LogP contribution in [-0.2, 0) is 28.6 Å². The Hall–Kier alpha value is -2.89. The molecule has 0 bridgehead atoms. The summed E-state index contributed by atoms with van der Waals surface area (Å²) in [6.07, 6.45) is 77.9. The number of hydrogen-bond donors (Lipinski definition) is 0. The van der Waals surface area contributed by atoms with Crippen molar-refractivity contribution in [2.75, 3.05) is 13.2 Å². The molecule has 0 aliphatic carbocycles. The molecule has 0 radical (unpaired) electrons. The Bertz CT molecular complexity index is 1310. The van der Waals surface area contributed by atoms with Crippen LogP contribution in [0.4, 0.5) is 0 Å². The number of unbranched alkanes of at least 4 members (excludes halogenated alkanes) is 37. The quantitative estimate of drug-likeness (QED) is 0.0261. The molecular formula is C67H120O6. The number of ether oxygens (including phenoxy) is 3. The third-order valence-electron chi connectivity index (χ3n) is 14.0. The molecule has 73 heavy (non-hydrogen) atoms. The second-order valence-electron chi connectivity index (χ2n) is 21.3. The van der Waals surface area contributed by atoms with Gasteiger partial charge in [-0.1, -0.05) is 287 Å². The van der Waals surface area contributed by atoms with Crippen LogP contribution in [0, 0.1) is 0 Å². The van der Waals surface area contributed by atoms with Gasteiger partial charge in [0, 0.05) is 19.3 Å². The molecule has 0 heterocycles. The molecule has 1 atom stereocenters. The van der Waals surface area contributed by atoms with E-state index >= 15 is 0 Å². The van der Waals surface area contributed by atoms with Crippen LogP contribution in [0.25, 0.3) is 0 Å². The zero-order valence-electron chi connectivity index (χ0n) is 48.7. The molecule has 6 heteroatoms. The molecule has 0 spiro atoms. The molecule has 0 N–H and O–H groups in total. The van der Waals surface area contributed by atoms with Gasteiger partial charge in [0.25, 0.3) is 0 Å². The van der Waals surface area contributed by atoms with Crippen molar-refractivity contribution in [2.24, 2.45) is 0 Å². The highest BCUT2D eigenvalue weighted by molar-refractivity contribution is 5.71. The van der Waals surface area contributed by atoms with E-state index in [4.69, 9.17) is 14.2 Å². The van der Waals surface area contributed by atoms with Gasteiger partial charge in [-0.15, -0.1) is 0 Å². The minimum absolute atomic E-state index is 0.0724. The molecule has 424 valence electrons. The highest BCUT2D eigenvalue weighted by Crippen LogP contribution is 2.17. The van der Waals surface area contributed by atoms with Crippen LogP contribution in [0.3, 0.4) is 0 Å². The van der Waals surface area contributed by atoms with Crippen molar-refractivity contribution in [3.63, 3.8) is 0 Å². The maximum Gasteiger partial charge on any atom is 0.306 e. The lowest BCUT2D eigenvalue weighted by molar-refractivity contribution is -0.167. The minimum atomic E-state index is -0.775. The summed E-state index contributed by atoms with van der Waals surface area (Å²) in [6, 6.07) is 0. The van der Waals surface area contributed by atoms with E-state index in [2.05, 4.69) is 81.5 Å². The Labute approximate surface area is 453 Å². The summed E-state index contributed by atoms with van der Waals surface area (Å²) in [5.74, 6) is -0.861. The largest absolute Gasteiger partial charge is 0.462 e. The number of carbonyl (C=O) groups is 3. The van der Waals surface area contributed by atoms with Gasteiger partial charge in [0.2, 0.25) is 0 Å². The summed E-state index contributed by atoms with van der Waals surface area (Å²) >= 11 is 0. The van der Waals surface area contributed by atoms with E-state index in [1.165, 1.54) is 205 Å². The molecule has 6 nitrogen and oxygen atoms in total. The zero-order chi connectivity index (χ0) is 52.9. The van der Waals surface area contributed by atoms with E-state index in [0.29, 0.717) is 19.3 Å². The molecule has 0 aromatic heterocycles. The molecule has 1 unspecified atom stereocenters. The third kappa shape index (κ3) is 59.9. The summed E-state index contributed by atoms with van der Waals surface area (Å²) in [5.41, 5.74) is 0. The second-order valence-corrected chi connectivity index (χ2v) is 21.3. The summed E-state index contributed by atoms with van der Waals surface area (Å²) in [4.78, 5) is 38.3. The van der Waals surface area contributed by atoms with Gasteiger partial charge in [0.15, 0.2) is 6.10 Å². The predicted octanol–water partition coefficient (Wildman–Crippen LogP) is 21.6. The fourth-order valence-electron chi connectivity index (χ4n) is 9.25. The number of allylic oxidation sites excluding steroid dienone is 10. The van der Waals surface area contributed by atoms with Crippen LogP contribution in [-0.4, -0.2) is 37.2 Å². The van der Waals surface area contributed by atoms with Crippen LogP contribution in [0.1, 0.15) is 329 Å². The first kappa shape index (κ1) is 70.1. The summed E-state index contributed by atoms with van der Waals surface area (Å²) in [6.45, 7) is 6.56. The fraction of sp³-hybridized carbons (Fsp3) is 0.806. The molecule has 0 aliphatic heterocycles. The summed E-state index contributed by atoms with van der Waals surface area (Å²) < 4.78 is 16.9. The Morgan fingerprint density at radius 2 is 0.534 bits per heavy atom. The SMILES string of the molecule is CC/C=C\C/C=C\C/C=C\C/C=C\CCCCCCCCCCCCC(=O)OCC(COC(=O)CCCCCCCCCCCCCCC)OC(=O)CCCCCCCCCCC/C=C\CCCCCCCC. The lowest BCUT2D eigenvalue weighted by Gasteiger charge is -2.18. The molecule has 0 aliphatic rings. The van der Waals surface area contributed by atoms with Crippen LogP contribution in [0.2, 0.25) is 0 Å². The topological polar surface area (TPSA) is 78.9 Å². The van der Waals surface area contributed by atoms with Gasteiger partial charge in [0.1, 0.15) is 13.2 Å². The third-order valence-corrected chi connectivity index (χ3v) is 14.0. The average Bonchev–Trinajstić information content (AvgIpc) is 3.39. The summed E-state index contributed by atoms with van der Waals surface area (Å²) in [7, 11) is 0. The van der Waals surface area contributed by atoms with Crippen molar-refractivity contribution in [2.45, 2.75) is 335 Å². The number of carbonyl (C=O) groups excluding carboxylic acids is 3. The summed E-state index contributed by atoms with van der Waals surface area (Å²) in [5, 5.41) is 0. The Morgan fingerprint density at radius 1 is 0.288 bits per heavy atom. The zero-order valence-corrected chi connectivity index (χ0v) is 48.7. The van der Waals surface area contributed by atoms with Crippen LogP contribution < -0.4 is 0 Å². The standard InChI is InChI=1S/C67H120O6/c1-4-7-10-13-16-19-22-25-27-29-31-32-33-34-36-37-39-42-45-48-51-54-57-60-66(69)72-63-64(62-71-65(68)59-56-53-50-47-44-41-24-21-18-15-12-9-6-3)73-67(70)61-58-55-52-49-46-43-40-38-35-30-28-26-23-20-17-14-11-8-5-2/h7,10,16,19,25-28,31-32,64H,4-6,8-9,11-15,17-18,20-24,29-30,33-63H2,1-3H3/b10-7-,19-16-,27-25-,28-26-,32-31-. The lowest BCUT2D eigenvalue weighted by atomic mass is 10.0. The fourth-order valence-corrected chi connectivity index (χ4v) is 9.25. The van der Waals surface area contributed by atoms with Gasteiger partial charge in [-0.25, -0.2) is 0 Å². The first-order chi connectivity index (χ1) is 36.0. The molecule has 0 aromatic carbocycles. The normalized spacial score (nSPS) is 12.4. The van der Waals surface area contributed by atoms with E-state index in [1.54, 1.807) is 0 Å². The number of rotatable bonds is 58. The maximum absolute atomic E-state index is 12.9. The van der Waals surface area contributed by atoms with Crippen molar-refractivity contribution >= 4 is 17.9 Å². The molecule has 0 fully saturated rings. The van der Waals surface area contributed by atoms with Gasteiger partial charge in [-0.3, -0.25) is 14.4 Å². The van der Waals surface area contributed by atoms with Crippen LogP contribution in [0.5, 0.6) is 0 Å². The predicted molar refractivity (Wildman–Crippen MR) is 316 cm³/mol. The van der Waals surface area contributed by atoms with E-state index in [-0.39, 0.29) is 31.1 Å². The van der Waals surface area contributed by atoms with Crippen molar-refractivity contribution in [3.05, 3.63) is 60.8 Å². The highest BCUT2D eigenvalue weighted by atomic mass is 16.6. The molecule has 0 aromatic rings. The van der Waals surface area contributed by atoms with Gasteiger partial charge in [-0.2, -0.15) is 0 Å². The number of esters is 3. The first-order valence-corrected chi connectivity index (χ1v) is 31.8. The second kappa shape index (κ2) is 61.7. The average molecular weight is 1020 g/mol. The van der Waals surface area contributed by atoms with Gasteiger partial charge in [-0.05, 0) is 83.5 Å². The Kier molecular flexibility index (Phi) is 59.2. The van der Waals surface area contributed by atoms with E-state index in [9.17, 15) is 14.4 Å². The van der Waals surface area contributed by atoms with E-state index in [1.807, 2.05) is 0 Å². The number of hydrogen-bond acceptors (Lipinski definition) is 6. The molecule has 0 amide bonds. The van der Waals surface area contributed by atoms with Crippen LogP contribution in [0.15, 0.2) is 60.8 Å². The Morgan fingerprint density at radius 3 is 0.849 bits per heavy atom. The smallest absolute Gasteiger partial charge is 0.306 e. The van der Waals surface area contributed by atoms with Gasteiger partial charge in [0.05, 0.1) is 0 Å². The van der Waals surface area contributed by atoms with Crippen molar-refractivity contribution < 1.29 is 28.6 Å².